The predicted molar refractivity (Wildman–Crippen MR) is 114 cm³/mol. The molecule has 1 aliphatic rings. The van der Waals surface area contributed by atoms with E-state index < -0.39 is 0 Å². The van der Waals surface area contributed by atoms with Gasteiger partial charge in [0.25, 0.3) is 5.91 Å². The Balaban J connectivity index is 1.34. The number of carbonyl (C=O) groups excluding carboxylic acids is 1. The Morgan fingerprint density at radius 3 is 2.43 bits per heavy atom. The number of nitrogens with zero attached hydrogens (tertiary/aromatic N) is 6. The first-order valence-corrected chi connectivity index (χ1v) is 10.1. The minimum absolute atomic E-state index is 0.00878. The third-order valence-electron chi connectivity index (χ3n) is 4.97. The molecule has 1 amide bonds. The van der Waals surface area contributed by atoms with Crippen LogP contribution in [0.15, 0.2) is 42.7 Å². The normalized spacial score (nSPS) is 14.1. The van der Waals surface area contributed by atoms with E-state index in [0.717, 1.165) is 17.2 Å². The summed E-state index contributed by atoms with van der Waals surface area (Å²) in [7, 11) is 0. The molecule has 3 aromatic rings. The molecule has 0 spiro atoms. The number of halogens is 1. The predicted octanol–water partition coefficient (Wildman–Crippen LogP) is 2.66. The maximum Gasteiger partial charge on any atom is 0.260 e. The highest BCUT2D eigenvalue weighted by Gasteiger charge is 2.23. The molecule has 156 valence electrons. The molecule has 0 unspecified atom stereocenters. The van der Waals surface area contributed by atoms with Gasteiger partial charge in [0.2, 0.25) is 0 Å². The Kier molecular flexibility index (Phi) is 5.85. The number of hydrogen-bond donors (Lipinski definition) is 0. The number of aryl methyl sites for hydroxylation is 2. The number of carbonyl (C=O) groups is 1. The second-order valence-corrected chi connectivity index (χ2v) is 7.62. The van der Waals surface area contributed by atoms with E-state index in [1.165, 1.54) is 0 Å². The van der Waals surface area contributed by atoms with E-state index >= 15 is 0 Å². The van der Waals surface area contributed by atoms with Gasteiger partial charge in [-0.15, -0.1) is 0 Å². The molecule has 0 aliphatic carbocycles. The van der Waals surface area contributed by atoms with Gasteiger partial charge in [-0.25, -0.2) is 9.67 Å². The fraction of sp³-hybridized carbons (Fsp3) is 0.333. The van der Waals surface area contributed by atoms with Crippen LogP contribution in [-0.4, -0.2) is 63.3 Å². The average molecular weight is 427 g/mol. The Labute approximate surface area is 180 Å². The molecule has 1 fully saturated rings. The summed E-state index contributed by atoms with van der Waals surface area (Å²) in [5.74, 6) is 2.06. The van der Waals surface area contributed by atoms with Gasteiger partial charge in [0.15, 0.2) is 12.4 Å². The maximum absolute atomic E-state index is 12.5. The minimum atomic E-state index is -0.0351. The first-order valence-electron chi connectivity index (χ1n) is 9.76. The zero-order valence-corrected chi connectivity index (χ0v) is 17.7. The number of hydrogen-bond acceptors (Lipinski definition) is 6. The van der Waals surface area contributed by atoms with Crippen LogP contribution in [0.2, 0.25) is 5.02 Å². The molecule has 0 saturated carbocycles. The molecule has 0 N–H and O–H groups in total. The van der Waals surface area contributed by atoms with Gasteiger partial charge in [-0.05, 0) is 44.2 Å². The lowest BCUT2D eigenvalue weighted by atomic mass is 10.3. The van der Waals surface area contributed by atoms with Gasteiger partial charge in [-0.3, -0.25) is 9.78 Å². The van der Waals surface area contributed by atoms with Crippen molar-refractivity contribution in [3.8, 4) is 11.6 Å². The number of rotatable bonds is 5. The van der Waals surface area contributed by atoms with E-state index in [-0.39, 0.29) is 12.5 Å². The molecule has 1 aliphatic heterocycles. The fourth-order valence-electron chi connectivity index (χ4n) is 3.41. The van der Waals surface area contributed by atoms with Crippen molar-refractivity contribution in [3.63, 3.8) is 0 Å². The summed E-state index contributed by atoms with van der Waals surface area (Å²) in [4.78, 5) is 25.5. The van der Waals surface area contributed by atoms with Crippen molar-refractivity contribution in [3.05, 3.63) is 59.1 Å². The fourth-order valence-corrected chi connectivity index (χ4v) is 3.54. The highest BCUT2D eigenvalue weighted by atomic mass is 35.5. The van der Waals surface area contributed by atoms with E-state index in [4.69, 9.17) is 21.3 Å². The van der Waals surface area contributed by atoms with Gasteiger partial charge in [-0.2, -0.15) is 5.10 Å². The summed E-state index contributed by atoms with van der Waals surface area (Å²) in [5, 5.41) is 5.11. The van der Waals surface area contributed by atoms with Gasteiger partial charge in [-0.1, -0.05) is 11.6 Å². The molecular formula is C21H23ClN6O2. The Morgan fingerprint density at radius 2 is 1.77 bits per heavy atom. The van der Waals surface area contributed by atoms with Crippen molar-refractivity contribution in [2.75, 3.05) is 37.7 Å². The van der Waals surface area contributed by atoms with E-state index in [1.807, 2.05) is 24.8 Å². The molecular weight excluding hydrogens is 404 g/mol. The molecule has 30 heavy (non-hydrogen) atoms. The molecule has 0 bridgehead atoms. The van der Waals surface area contributed by atoms with Crippen LogP contribution in [-0.2, 0) is 4.79 Å². The van der Waals surface area contributed by atoms with Crippen molar-refractivity contribution in [2.24, 2.45) is 0 Å². The Hall–Kier alpha value is -3.13. The average Bonchev–Trinajstić information content (AvgIpc) is 3.11. The smallest absolute Gasteiger partial charge is 0.260 e. The minimum Gasteiger partial charge on any atom is -0.484 e. The van der Waals surface area contributed by atoms with E-state index in [2.05, 4.69) is 15.0 Å². The molecule has 4 rings (SSSR count). The summed E-state index contributed by atoms with van der Waals surface area (Å²) < 4.78 is 7.36. The highest BCUT2D eigenvalue weighted by molar-refractivity contribution is 6.30. The molecule has 0 radical (unpaired) electrons. The van der Waals surface area contributed by atoms with Crippen LogP contribution in [0, 0.1) is 13.8 Å². The standard InChI is InChI=1S/C21H23ClN6O2/c1-15-11-16(2)28(25-15)20-13-23-12-19(24-20)26-7-9-27(10-8-26)21(29)14-30-18-5-3-17(22)4-6-18/h3-6,11-13H,7-10,14H2,1-2H3. The molecule has 2 aromatic heterocycles. The van der Waals surface area contributed by atoms with Gasteiger partial charge in [0.1, 0.15) is 11.6 Å². The molecule has 3 heterocycles. The van der Waals surface area contributed by atoms with Crippen LogP contribution >= 0.6 is 11.6 Å². The van der Waals surface area contributed by atoms with Gasteiger partial charge in [0, 0.05) is 36.9 Å². The van der Waals surface area contributed by atoms with Crippen molar-refractivity contribution in [1.29, 1.82) is 0 Å². The van der Waals surface area contributed by atoms with E-state index in [9.17, 15) is 4.79 Å². The number of amides is 1. The summed E-state index contributed by atoms with van der Waals surface area (Å²) in [6.07, 6.45) is 3.45. The van der Waals surface area contributed by atoms with E-state index in [0.29, 0.717) is 42.8 Å². The highest BCUT2D eigenvalue weighted by Crippen LogP contribution is 2.18. The van der Waals surface area contributed by atoms with Crippen molar-refractivity contribution in [1.82, 2.24) is 24.6 Å². The van der Waals surface area contributed by atoms with Gasteiger partial charge in [0.05, 0.1) is 18.1 Å². The lowest BCUT2D eigenvalue weighted by Crippen LogP contribution is -2.50. The summed E-state index contributed by atoms with van der Waals surface area (Å²) in [5.41, 5.74) is 1.95. The van der Waals surface area contributed by atoms with Crippen molar-refractivity contribution >= 4 is 23.3 Å². The van der Waals surface area contributed by atoms with Gasteiger partial charge < -0.3 is 14.5 Å². The summed E-state index contributed by atoms with van der Waals surface area (Å²) in [6.45, 7) is 6.53. The quantitative estimate of drug-likeness (QED) is 0.624. The molecule has 8 nitrogen and oxygen atoms in total. The summed E-state index contributed by atoms with van der Waals surface area (Å²) >= 11 is 5.86. The second kappa shape index (κ2) is 8.71. The number of piperazine rings is 1. The maximum atomic E-state index is 12.5. The first-order chi connectivity index (χ1) is 14.5. The SMILES string of the molecule is Cc1cc(C)n(-c2cncc(N3CCN(C(=O)COc4ccc(Cl)cc4)CC3)n2)n1. The number of benzene rings is 1. The Bertz CT molecular complexity index is 1030. The monoisotopic (exact) mass is 426 g/mol. The number of anilines is 1. The van der Waals surface area contributed by atoms with Crippen LogP contribution in [0.3, 0.4) is 0 Å². The molecule has 1 saturated heterocycles. The van der Waals surface area contributed by atoms with Crippen LogP contribution in [0.5, 0.6) is 5.75 Å². The molecule has 9 heteroatoms. The van der Waals surface area contributed by atoms with Crippen molar-refractivity contribution in [2.45, 2.75) is 13.8 Å². The molecule has 0 atom stereocenters. The second-order valence-electron chi connectivity index (χ2n) is 7.18. The molecule has 1 aromatic carbocycles. The van der Waals surface area contributed by atoms with Crippen LogP contribution in [0.25, 0.3) is 5.82 Å². The van der Waals surface area contributed by atoms with Crippen LogP contribution in [0.4, 0.5) is 5.82 Å². The van der Waals surface area contributed by atoms with E-state index in [1.54, 1.807) is 41.3 Å². The first kappa shape index (κ1) is 20.2. The Morgan fingerprint density at radius 1 is 1.07 bits per heavy atom. The zero-order chi connectivity index (χ0) is 21.1. The summed E-state index contributed by atoms with van der Waals surface area (Å²) in [6, 6.07) is 8.98. The third-order valence-corrected chi connectivity index (χ3v) is 5.22. The van der Waals surface area contributed by atoms with Gasteiger partial charge >= 0.3 is 0 Å². The van der Waals surface area contributed by atoms with Crippen molar-refractivity contribution < 1.29 is 9.53 Å². The van der Waals surface area contributed by atoms with Crippen LogP contribution < -0.4 is 9.64 Å². The third kappa shape index (κ3) is 4.54. The topological polar surface area (TPSA) is 76.4 Å². The zero-order valence-electron chi connectivity index (χ0n) is 17.0. The lowest BCUT2D eigenvalue weighted by molar-refractivity contribution is -0.133. The van der Waals surface area contributed by atoms with Crippen LogP contribution in [0.1, 0.15) is 11.4 Å². The number of aromatic nitrogens is 4. The largest absolute Gasteiger partial charge is 0.484 e. The lowest BCUT2D eigenvalue weighted by Gasteiger charge is -2.35. The number of ether oxygens (including phenoxy) is 1.